The monoisotopic (exact) mass is 512 g/mol. The van der Waals surface area contributed by atoms with Gasteiger partial charge in [-0.1, -0.05) is 31.5 Å². The predicted molar refractivity (Wildman–Crippen MR) is 131 cm³/mol. The molecule has 0 fully saturated rings. The van der Waals surface area contributed by atoms with Crippen molar-refractivity contribution in [3.05, 3.63) is 76.6 Å². The molecule has 194 valence electrons. The number of carboxylic acid groups (broad SMARTS) is 1. The fraction of sp³-hybridized carbons (Fsp3) is 0.259. The van der Waals surface area contributed by atoms with E-state index in [0.29, 0.717) is 12.5 Å². The molecule has 0 radical (unpaired) electrons. The van der Waals surface area contributed by atoms with E-state index in [-0.39, 0.29) is 23.2 Å². The van der Waals surface area contributed by atoms with Gasteiger partial charge in [0.05, 0.1) is 23.4 Å². The van der Waals surface area contributed by atoms with Crippen LogP contribution in [-0.2, 0) is 17.4 Å². The summed E-state index contributed by atoms with van der Waals surface area (Å²) in [4.78, 5) is 40.9. The van der Waals surface area contributed by atoms with Crippen LogP contribution in [-0.4, -0.2) is 22.8 Å². The van der Waals surface area contributed by atoms with Crippen molar-refractivity contribution in [2.24, 2.45) is 0 Å². The maximum atomic E-state index is 13.6. The van der Waals surface area contributed by atoms with Gasteiger partial charge >= 0.3 is 6.18 Å². The van der Waals surface area contributed by atoms with Gasteiger partial charge in [-0.05, 0) is 67.3 Å². The molecule has 0 aliphatic carbocycles. The van der Waals surface area contributed by atoms with E-state index in [2.05, 4.69) is 10.3 Å². The molecule has 37 heavy (non-hydrogen) atoms. The lowest BCUT2D eigenvalue weighted by molar-refractivity contribution is -0.242. The average molecular weight is 513 g/mol. The fourth-order valence-corrected chi connectivity index (χ4v) is 4.02. The summed E-state index contributed by atoms with van der Waals surface area (Å²) in [7, 11) is 0. The van der Waals surface area contributed by atoms with Crippen LogP contribution in [0, 0.1) is 13.8 Å². The first-order valence-corrected chi connectivity index (χ1v) is 11.5. The zero-order chi connectivity index (χ0) is 27.3. The minimum absolute atomic E-state index is 0.0378. The van der Waals surface area contributed by atoms with Crippen molar-refractivity contribution in [3.8, 4) is 11.1 Å². The molecule has 0 atom stereocenters. The van der Waals surface area contributed by atoms with E-state index in [4.69, 9.17) is 0 Å². The molecule has 7 nitrogen and oxygen atoms in total. The van der Waals surface area contributed by atoms with Crippen LogP contribution < -0.4 is 15.7 Å². The number of halogens is 3. The third-order valence-corrected chi connectivity index (χ3v) is 5.50. The molecule has 0 bridgehead atoms. The van der Waals surface area contributed by atoms with Crippen LogP contribution in [0.5, 0.6) is 0 Å². The number of carbonyl (C=O) groups is 3. The summed E-state index contributed by atoms with van der Waals surface area (Å²) in [5.74, 6) is -1.46. The first-order chi connectivity index (χ1) is 17.4. The van der Waals surface area contributed by atoms with Crippen LogP contribution >= 0.6 is 0 Å². The number of aromatic nitrogens is 1. The van der Waals surface area contributed by atoms with Crippen molar-refractivity contribution in [2.75, 3.05) is 10.6 Å². The summed E-state index contributed by atoms with van der Waals surface area (Å²) >= 11 is 0. The Morgan fingerprint density at radius 1 is 0.919 bits per heavy atom. The molecule has 0 unspecified atom stereocenters. The molecule has 2 N–H and O–H groups in total. The number of hydrogen-bond donors (Lipinski definition) is 2. The molecule has 0 saturated carbocycles. The number of ketones is 1. The van der Waals surface area contributed by atoms with Crippen molar-refractivity contribution in [1.29, 1.82) is 0 Å². The van der Waals surface area contributed by atoms with E-state index < -0.39 is 41.6 Å². The molecule has 1 heterocycles. The van der Waals surface area contributed by atoms with E-state index in [0.717, 1.165) is 28.6 Å². The first-order valence-electron chi connectivity index (χ1n) is 11.5. The Morgan fingerprint density at radius 3 is 2.16 bits per heavy atom. The maximum Gasteiger partial charge on any atom is 0.416 e. The van der Waals surface area contributed by atoms with Crippen LogP contribution in [0.15, 0.2) is 48.5 Å². The van der Waals surface area contributed by atoms with Gasteiger partial charge in [-0.3, -0.25) is 14.6 Å². The zero-order valence-electron chi connectivity index (χ0n) is 20.5. The lowest BCUT2D eigenvalue weighted by Crippen LogP contribution is -2.30. The largest absolute Gasteiger partial charge is 0.530 e. The molecule has 0 aliphatic heterocycles. The highest BCUT2D eigenvalue weighted by Crippen LogP contribution is 2.38. The maximum absolute atomic E-state index is 13.6. The average Bonchev–Trinajstić information content (AvgIpc) is 2.79. The van der Waals surface area contributed by atoms with E-state index in [1.165, 1.54) is 6.07 Å². The number of benzene rings is 2. The second-order valence-corrected chi connectivity index (χ2v) is 8.58. The number of aryl methyl sites for hydroxylation is 3. The lowest BCUT2D eigenvalue weighted by atomic mass is 9.99. The second-order valence-electron chi connectivity index (χ2n) is 8.58. The van der Waals surface area contributed by atoms with Crippen molar-refractivity contribution < 1.29 is 32.7 Å². The van der Waals surface area contributed by atoms with Gasteiger partial charge in [0.25, 0.3) is 0 Å². The van der Waals surface area contributed by atoms with Gasteiger partial charge in [0.2, 0.25) is 5.91 Å². The van der Waals surface area contributed by atoms with Gasteiger partial charge in [0.1, 0.15) is 6.09 Å². The zero-order valence-corrected chi connectivity index (χ0v) is 20.5. The standard InChI is InChI=1S/C27H26F3N3O4/c1-4-6-18-12-22(33-26(36)37)23(13-21(18)27(28,29)30)32-25(35)14-24(34)19-8-5-7-17(11-19)20-9-15(2)31-16(3)10-20/h5,7-13,33H,4,6,14H2,1-3H3,(H,32,35)(H,36,37)/p-1. The molecule has 3 aromatic rings. The first kappa shape index (κ1) is 27.4. The number of pyridine rings is 1. The van der Waals surface area contributed by atoms with Gasteiger partial charge in [-0.25, -0.2) is 0 Å². The van der Waals surface area contributed by atoms with Crippen LogP contribution in [0.4, 0.5) is 29.3 Å². The number of nitrogens with zero attached hydrogens (tertiary/aromatic N) is 1. The Kier molecular flexibility index (Phi) is 8.31. The van der Waals surface area contributed by atoms with Crippen LogP contribution in [0.1, 0.15) is 52.6 Å². The van der Waals surface area contributed by atoms with Crippen molar-refractivity contribution in [2.45, 2.75) is 46.2 Å². The Hall–Kier alpha value is -4.21. The van der Waals surface area contributed by atoms with Crippen molar-refractivity contribution in [3.63, 3.8) is 0 Å². The minimum Gasteiger partial charge on any atom is -0.530 e. The third-order valence-electron chi connectivity index (χ3n) is 5.50. The summed E-state index contributed by atoms with van der Waals surface area (Å²) < 4.78 is 40.9. The van der Waals surface area contributed by atoms with Crippen LogP contribution in [0.2, 0.25) is 0 Å². The number of alkyl halides is 3. The number of nitrogens with one attached hydrogen (secondary N) is 2. The van der Waals surface area contributed by atoms with Gasteiger partial charge in [-0.15, -0.1) is 0 Å². The van der Waals surface area contributed by atoms with Crippen molar-refractivity contribution >= 4 is 29.2 Å². The molecule has 10 heteroatoms. The topological polar surface area (TPSA) is 111 Å². The Bertz CT molecular complexity index is 1330. The van der Waals surface area contributed by atoms with Gasteiger partial charge in [-0.2, -0.15) is 13.2 Å². The summed E-state index contributed by atoms with van der Waals surface area (Å²) in [6.45, 7) is 5.37. The normalized spacial score (nSPS) is 11.2. The van der Waals surface area contributed by atoms with Crippen molar-refractivity contribution in [1.82, 2.24) is 4.98 Å². The minimum atomic E-state index is -4.73. The van der Waals surface area contributed by atoms with E-state index in [1.54, 1.807) is 25.1 Å². The molecule has 2 amide bonds. The van der Waals surface area contributed by atoms with E-state index in [9.17, 15) is 32.7 Å². The number of amides is 2. The molecule has 0 aliphatic rings. The summed E-state index contributed by atoms with van der Waals surface area (Å²) in [5, 5.41) is 15.2. The van der Waals surface area contributed by atoms with Gasteiger partial charge < -0.3 is 20.5 Å². The Labute approximate surface area is 211 Å². The molecule has 2 aromatic carbocycles. The van der Waals surface area contributed by atoms with Gasteiger partial charge in [0.15, 0.2) is 5.78 Å². The van der Waals surface area contributed by atoms with E-state index >= 15 is 0 Å². The summed E-state index contributed by atoms with van der Waals surface area (Å²) in [6.07, 6.45) is -6.74. The number of rotatable bonds is 8. The Morgan fingerprint density at radius 2 is 1.57 bits per heavy atom. The number of hydrogen-bond acceptors (Lipinski definition) is 5. The highest BCUT2D eigenvalue weighted by atomic mass is 19.4. The molecule has 1 aromatic heterocycles. The molecule has 0 spiro atoms. The number of anilines is 2. The SMILES string of the molecule is CCCc1cc(NC(=O)[O-])c(NC(=O)CC(=O)c2cccc(-c3cc(C)nc(C)c3)c2)cc1C(F)(F)F. The lowest BCUT2D eigenvalue weighted by Gasteiger charge is -2.19. The number of Topliss-reactive ketones (excluding diaryl/α,β-unsaturated/α-hetero) is 1. The van der Waals surface area contributed by atoms with Crippen LogP contribution in [0.3, 0.4) is 0 Å². The third kappa shape index (κ3) is 7.16. The number of carbonyl (C=O) groups excluding carboxylic acids is 3. The van der Waals surface area contributed by atoms with Gasteiger partial charge in [0, 0.05) is 17.0 Å². The summed E-state index contributed by atoms with van der Waals surface area (Å²) in [5.41, 5.74) is 1.58. The molecule has 3 rings (SSSR count). The molecular formula is C27H25F3N3O4-. The smallest absolute Gasteiger partial charge is 0.416 e. The fourth-order valence-electron chi connectivity index (χ4n) is 4.02. The summed E-state index contributed by atoms with van der Waals surface area (Å²) in [6, 6.07) is 12.0. The highest BCUT2D eigenvalue weighted by Gasteiger charge is 2.34. The highest BCUT2D eigenvalue weighted by molar-refractivity contribution is 6.12. The molecular weight excluding hydrogens is 487 g/mol. The second kappa shape index (κ2) is 11.2. The Balaban J connectivity index is 1.86. The quantitative estimate of drug-likeness (QED) is 0.314. The predicted octanol–water partition coefficient (Wildman–Crippen LogP) is 5.30. The van der Waals surface area contributed by atoms with E-state index in [1.807, 2.05) is 31.3 Å². The van der Waals surface area contributed by atoms with Crippen LogP contribution in [0.25, 0.3) is 11.1 Å². The molecule has 0 saturated heterocycles.